The highest BCUT2D eigenvalue weighted by atomic mass is 35.5. The van der Waals surface area contributed by atoms with Crippen molar-refractivity contribution in [1.82, 2.24) is 4.98 Å². The maximum Gasteiger partial charge on any atom is 0.310 e. The molecular weight excluding hydrogens is 386 g/mol. The molecule has 0 atom stereocenters. The summed E-state index contributed by atoms with van der Waals surface area (Å²) in [6.07, 6.45) is 1.60. The highest BCUT2D eigenvalue weighted by Gasteiger charge is 2.13. The average Bonchev–Trinajstić information content (AvgIpc) is 3.28. The third kappa shape index (κ3) is 3.97. The van der Waals surface area contributed by atoms with E-state index in [-0.39, 0.29) is 24.7 Å². The van der Waals surface area contributed by atoms with Crippen LogP contribution in [-0.4, -0.2) is 16.1 Å². The molecular formula is C20H14ClNO4S. The molecule has 0 radical (unpaired) electrons. The highest BCUT2D eigenvalue weighted by molar-refractivity contribution is 7.13. The summed E-state index contributed by atoms with van der Waals surface area (Å²) < 4.78 is 10.7. The fourth-order valence-corrected chi connectivity index (χ4v) is 3.60. The Morgan fingerprint density at radius 3 is 2.85 bits per heavy atom. The molecule has 0 saturated heterocycles. The van der Waals surface area contributed by atoms with E-state index in [0.717, 1.165) is 21.5 Å². The van der Waals surface area contributed by atoms with E-state index in [1.54, 1.807) is 12.1 Å². The summed E-state index contributed by atoms with van der Waals surface area (Å²) in [5.41, 5.74) is 2.91. The van der Waals surface area contributed by atoms with E-state index in [0.29, 0.717) is 16.3 Å². The fraction of sp³-hybridized carbons (Fsp3) is 0.100. The number of hydrogen-bond donors (Lipinski definition) is 1. The molecule has 0 bridgehead atoms. The molecule has 1 N–H and O–H groups in total. The second-order valence-electron chi connectivity index (χ2n) is 5.93. The first-order valence-corrected chi connectivity index (χ1v) is 9.39. The molecule has 4 rings (SSSR count). The molecule has 4 aromatic rings. The number of aromatic nitrogens is 1. The maximum atomic E-state index is 12.2. The number of benzene rings is 2. The first-order valence-electron chi connectivity index (χ1n) is 8.13. The van der Waals surface area contributed by atoms with Gasteiger partial charge >= 0.3 is 5.97 Å². The number of hydrogen-bond acceptors (Lipinski definition) is 6. The number of rotatable bonds is 5. The van der Waals surface area contributed by atoms with Gasteiger partial charge in [-0.15, -0.1) is 11.3 Å². The van der Waals surface area contributed by atoms with Crippen molar-refractivity contribution in [2.45, 2.75) is 13.0 Å². The van der Waals surface area contributed by atoms with Crippen LogP contribution in [0.1, 0.15) is 11.3 Å². The van der Waals surface area contributed by atoms with Crippen molar-refractivity contribution in [3.63, 3.8) is 0 Å². The van der Waals surface area contributed by atoms with Crippen molar-refractivity contribution >= 4 is 39.9 Å². The van der Waals surface area contributed by atoms with Gasteiger partial charge in [0.05, 0.1) is 18.4 Å². The summed E-state index contributed by atoms with van der Waals surface area (Å²) in [5, 5.41) is 13.6. The summed E-state index contributed by atoms with van der Waals surface area (Å²) in [4.78, 5) is 16.6. The molecule has 27 heavy (non-hydrogen) atoms. The third-order valence-electron chi connectivity index (χ3n) is 4.00. The van der Waals surface area contributed by atoms with Crippen molar-refractivity contribution in [2.75, 3.05) is 0 Å². The molecule has 7 heteroatoms. The van der Waals surface area contributed by atoms with Crippen LogP contribution < -0.4 is 0 Å². The lowest BCUT2D eigenvalue weighted by molar-refractivity contribution is -0.144. The molecule has 0 amide bonds. The average molecular weight is 400 g/mol. The Labute approximate surface area is 163 Å². The molecule has 136 valence electrons. The fourth-order valence-electron chi connectivity index (χ4n) is 2.67. The lowest BCUT2D eigenvalue weighted by atomic mass is 10.1. The number of carbonyl (C=O) groups is 1. The minimum absolute atomic E-state index is 0.0892. The molecule has 0 unspecified atom stereocenters. The summed E-state index contributed by atoms with van der Waals surface area (Å²) in [5.74, 6) is -0.252. The number of phenolic OH excluding ortho intramolecular Hbond substituents is 1. The van der Waals surface area contributed by atoms with Gasteiger partial charge in [-0.3, -0.25) is 4.79 Å². The van der Waals surface area contributed by atoms with E-state index in [9.17, 15) is 9.90 Å². The predicted octanol–water partition coefficient (Wildman–Crippen LogP) is 5.20. The Balaban J connectivity index is 1.38. The van der Waals surface area contributed by atoms with Gasteiger partial charge in [0.2, 0.25) is 0 Å². The van der Waals surface area contributed by atoms with Crippen molar-refractivity contribution in [3.05, 3.63) is 70.4 Å². The van der Waals surface area contributed by atoms with Crippen molar-refractivity contribution in [1.29, 1.82) is 0 Å². The normalized spacial score (nSPS) is 11.0. The topological polar surface area (TPSA) is 72.6 Å². The number of halogens is 1. The van der Waals surface area contributed by atoms with Crippen molar-refractivity contribution in [2.24, 2.45) is 0 Å². The van der Waals surface area contributed by atoms with E-state index < -0.39 is 0 Å². The minimum Gasteiger partial charge on any atom is -0.508 e. The smallest absolute Gasteiger partial charge is 0.310 e. The Kier molecular flexibility index (Phi) is 4.83. The van der Waals surface area contributed by atoms with Gasteiger partial charge in [-0.2, -0.15) is 0 Å². The van der Waals surface area contributed by atoms with Crippen molar-refractivity contribution < 1.29 is 19.1 Å². The number of esters is 1. The highest BCUT2D eigenvalue weighted by Crippen LogP contribution is 2.27. The molecule has 0 spiro atoms. The molecule has 5 nitrogen and oxygen atoms in total. The predicted molar refractivity (Wildman–Crippen MR) is 104 cm³/mol. The van der Waals surface area contributed by atoms with E-state index >= 15 is 0 Å². The van der Waals surface area contributed by atoms with Crippen LogP contribution in [-0.2, 0) is 22.6 Å². The van der Waals surface area contributed by atoms with Gasteiger partial charge in [-0.25, -0.2) is 4.98 Å². The number of furan rings is 1. The largest absolute Gasteiger partial charge is 0.508 e. The molecule has 0 saturated carbocycles. The standard InChI is InChI=1S/C20H14ClNO4S/c21-14-3-1-12(2-4-14)20-22-15(11-27-20)10-26-19(24)7-13-9-25-18-8-16(23)5-6-17(13)18/h1-6,8-9,11,23H,7,10H2. The molecule has 2 aromatic heterocycles. The Morgan fingerprint density at radius 1 is 1.22 bits per heavy atom. The van der Waals surface area contributed by atoms with Gasteiger partial charge in [0.15, 0.2) is 0 Å². The van der Waals surface area contributed by atoms with Crippen LogP contribution in [0.2, 0.25) is 5.02 Å². The van der Waals surface area contributed by atoms with E-state index in [4.69, 9.17) is 20.8 Å². The second-order valence-corrected chi connectivity index (χ2v) is 7.22. The Morgan fingerprint density at radius 2 is 2.04 bits per heavy atom. The molecule has 0 aliphatic rings. The number of thiazole rings is 1. The number of nitrogens with zero attached hydrogens (tertiary/aromatic N) is 1. The van der Waals surface area contributed by atoms with Gasteiger partial charge in [-0.1, -0.05) is 23.7 Å². The van der Waals surface area contributed by atoms with Crippen LogP contribution in [0, 0.1) is 0 Å². The molecule has 0 fully saturated rings. The summed E-state index contributed by atoms with van der Waals surface area (Å²) in [7, 11) is 0. The molecule has 0 aliphatic heterocycles. The van der Waals surface area contributed by atoms with Crippen LogP contribution >= 0.6 is 22.9 Å². The maximum absolute atomic E-state index is 12.2. The monoisotopic (exact) mass is 399 g/mol. The van der Waals surface area contributed by atoms with Crippen LogP contribution in [0.5, 0.6) is 5.75 Å². The van der Waals surface area contributed by atoms with Crippen molar-refractivity contribution in [3.8, 4) is 16.3 Å². The van der Waals surface area contributed by atoms with Gasteiger partial charge in [0, 0.05) is 33.0 Å². The van der Waals surface area contributed by atoms with Gasteiger partial charge < -0.3 is 14.3 Å². The lowest BCUT2D eigenvalue weighted by Gasteiger charge is -2.02. The zero-order valence-electron chi connectivity index (χ0n) is 14.0. The third-order valence-corrected chi connectivity index (χ3v) is 5.19. The van der Waals surface area contributed by atoms with E-state index in [2.05, 4.69) is 4.98 Å². The van der Waals surface area contributed by atoms with Crippen LogP contribution in [0.4, 0.5) is 0 Å². The minimum atomic E-state index is -0.369. The SMILES string of the molecule is O=C(Cc1coc2cc(O)ccc12)OCc1csc(-c2ccc(Cl)cc2)n1. The number of aromatic hydroxyl groups is 1. The number of ether oxygens (including phenoxy) is 1. The Bertz CT molecular complexity index is 1100. The molecule has 2 aromatic carbocycles. The van der Waals surface area contributed by atoms with Crippen LogP contribution in [0.15, 0.2) is 58.5 Å². The summed E-state index contributed by atoms with van der Waals surface area (Å²) in [6, 6.07) is 12.2. The lowest BCUT2D eigenvalue weighted by Crippen LogP contribution is -2.07. The second kappa shape index (κ2) is 7.42. The van der Waals surface area contributed by atoms with E-state index in [1.165, 1.54) is 23.7 Å². The van der Waals surface area contributed by atoms with E-state index in [1.807, 2.05) is 29.6 Å². The molecule has 2 heterocycles. The number of phenols is 1. The van der Waals surface area contributed by atoms with Gasteiger partial charge in [0.25, 0.3) is 0 Å². The quantitative estimate of drug-likeness (QED) is 0.467. The Hall–Kier alpha value is -2.83. The summed E-state index contributed by atoms with van der Waals surface area (Å²) in [6.45, 7) is 0.111. The zero-order chi connectivity index (χ0) is 18.8. The number of fused-ring (bicyclic) bond motifs is 1. The van der Waals surface area contributed by atoms with Gasteiger partial charge in [-0.05, 0) is 24.3 Å². The first-order chi connectivity index (χ1) is 13.1. The molecule has 0 aliphatic carbocycles. The van der Waals surface area contributed by atoms with Gasteiger partial charge in [0.1, 0.15) is 22.9 Å². The zero-order valence-corrected chi connectivity index (χ0v) is 15.6. The first kappa shape index (κ1) is 17.6. The summed E-state index contributed by atoms with van der Waals surface area (Å²) >= 11 is 7.38. The van der Waals surface area contributed by atoms with Crippen LogP contribution in [0.3, 0.4) is 0 Å². The van der Waals surface area contributed by atoms with Crippen LogP contribution in [0.25, 0.3) is 21.5 Å². The number of carbonyl (C=O) groups excluding carboxylic acids is 1.